The maximum Gasteiger partial charge on any atom is 0.242 e. The second-order valence-electron chi connectivity index (χ2n) is 4.07. The van der Waals surface area contributed by atoms with Crippen molar-refractivity contribution >= 4 is 22.9 Å². The molecule has 1 amide bonds. The molecule has 0 radical (unpaired) electrons. The van der Waals surface area contributed by atoms with Crippen molar-refractivity contribution in [2.75, 3.05) is 5.73 Å². The van der Waals surface area contributed by atoms with Gasteiger partial charge in [0.1, 0.15) is 11.6 Å². The third-order valence-electron chi connectivity index (χ3n) is 2.35. The molecule has 1 unspecified atom stereocenters. The standard InChI is InChI=1S/C11H15N5OS/c1-7-3-13-11(18-7)8(2)15-10(17)6-16-5-9(12)4-14-16/h3-5,8H,6,12H2,1-2H3,(H,15,17). The van der Waals surface area contributed by atoms with Gasteiger partial charge in [0.25, 0.3) is 0 Å². The van der Waals surface area contributed by atoms with E-state index in [0.29, 0.717) is 5.69 Å². The molecule has 96 valence electrons. The molecule has 1 atom stereocenters. The third-order valence-corrected chi connectivity index (χ3v) is 3.44. The Morgan fingerprint density at radius 1 is 1.61 bits per heavy atom. The van der Waals surface area contributed by atoms with Crippen LogP contribution >= 0.6 is 11.3 Å². The van der Waals surface area contributed by atoms with Crippen LogP contribution in [0.2, 0.25) is 0 Å². The summed E-state index contributed by atoms with van der Waals surface area (Å²) in [5.74, 6) is -0.113. The zero-order valence-electron chi connectivity index (χ0n) is 10.3. The highest BCUT2D eigenvalue weighted by molar-refractivity contribution is 7.11. The maximum atomic E-state index is 11.8. The Morgan fingerprint density at radius 2 is 2.39 bits per heavy atom. The molecule has 0 spiro atoms. The van der Waals surface area contributed by atoms with Gasteiger partial charge in [0.2, 0.25) is 5.91 Å². The molecule has 2 rings (SSSR count). The summed E-state index contributed by atoms with van der Waals surface area (Å²) in [6, 6.07) is -0.0934. The fourth-order valence-electron chi connectivity index (χ4n) is 1.53. The van der Waals surface area contributed by atoms with Gasteiger partial charge in [-0.15, -0.1) is 11.3 Å². The second-order valence-corrected chi connectivity index (χ2v) is 5.34. The minimum atomic E-state index is -0.113. The van der Waals surface area contributed by atoms with E-state index >= 15 is 0 Å². The first-order valence-electron chi connectivity index (χ1n) is 5.54. The van der Waals surface area contributed by atoms with Crippen LogP contribution in [0.1, 0.15) is 22.9 Å². The summed E-state index contributed by atoms with van der Waals surface area (Å²) < 4.78 is 1.50. The van der Waals surface area contributed by atoms with Gasteiger partial charge >= 0.3 is 0 Å². The molecule has 0 bridgehead atoms. The summed E-state index contributed by atoms with van der Waals surface area (Å²) in [5.41, 5.74) is 6.07. The molecule has 0 aromatic carbocycles. The van der Waals surface area contributed by atoms with Crippen LogP contribution in [-0.2, 0) is 11.3 Å². The first-order chi connectivity index (χ1) is 8.54. The van der Waals surface area contributed by atoms with Crippen molar-refractivity contribution in [3.8, 4) is 0 Å². The summed E-state index contributed by atoms with van der Waals surface area (Å²) in [5, 5.41) is 7.74. The topological polar surface area (TPSA) is 85.8 Å². The molecule has 0 aliphatic carbocycles. The molecule has 3 N–H and O–H groups in total. The van der Waals surface area contributed by atoms with Gasteiger partial charge in [0.05, 0.1) is 17.9 Å². The normalized spacial score (nSPS) is 12.3. The lowest BCUT2D eigenvalue weighted by atomic mass is 10.3. The molecule has 6 nitrogen and oxygen atoms in total. The number of rotatable bonds is 4. The molecule has 0 aliphatic rings. The largest absolute Gasteiger partial charge is 0.396 e. The third kappa shape index (κ3) is 3.07. The molecule has 18 heavy (non-hydrogen) atoms. The fraction of sp³-hybridized carbons (Fsp3) is 0.364. The summed E-state index contributed by atoms with van der Waals surface area (Å²) in [6.07, 6.45) is 4.94. The number of thiazole rings is 1. The zero-order valence-corrected chi connectivity index (χ0v) is 11.1. The van der Waals surface area contributed by atoms with E-state index in [1.807, 2.05) is 13.8 Å². The van der Waals surface area contributed by atoms with Crippen molar-refractivity contribution in [2.24, 2.45) is 0 Å². The van der Waals surface area contributed by atoms with Gasteiger partial charge in [-0.25, -0.2) is 4.98 Å². The van der Waals surface area contributed by atoms with Gasteiger partial charge in [-0.05, 0) is 13.8 Å². The summed E-state index contributed by atoms with van der Waals surface area (Å²) >= 11 is 1.58. The smallest absolute Gasteiger partial charge is 0.242 e. The SMILES string of the molecule is Cc1cnc(C(C)NC(=O)Cn2cc(N)cn2)s1. The van der Waals surface area contributed by atoms with Crippen molar-refractivity contribution < 1.29 is 4.79 Å². The Kier molecular flexibility index (Phi) is 3.61. The average molecular weight is 265 g/mol. The number of nitrogen functional groups attached to an aromatic ring is 1. The van der Waals surface area contributed by atoms with E-state index in [9.17, 15) is 4.79 Å². The number of carbonyl (C=O) groups is 1. The fourth-order valence-corrected chi connectivity index (χ4v) is 2.31. The van der Waals surface area contributed by atoms with E-state index in [1.54, 1.807) is 23.7 Å². The molecule has 0 saturated heterocycles. The van der Waals surface area contributed by atoms with Crippen LogP contribution in [0.15, 0.2) is 18.6 Å². The van der Waals surface area contributed by atoms with Crippen molar-refractivity contribution in [3.63, 3.8) is 0 Å². The van der Waals surface area contributed by atoms with Crippen LogP contribution in [0.4, 0.5) is 5.69 Å². The number of aromatic nitrogens is 3. The van der Waals surface area contributed by atoms with Crippen LogP contribution in [-0.4, -0.2) is 20.7 Å². The minimum Gasteiger partial charge on any atom is -0.396 e. The molecule has 2 heterocycles. The van der Waals surface area contributed by atoms with E-state index in [0.717, 1.165) is 9.88 Å². The van der Waals surface area contributed by atoms with Gasteiger partial charge in [-0.3, -0.25) is 9.48 Å². The number of hydrogen-bond acceptors (Lipinski definition) is 5. The lowest BCUT2D eigenvalue weighted by molar-refractivity contribution is -0.122. The molecule has 2 aromatic rings. The van der Waals surface area contributed by atoms with Gasteiger partial charge in [-0.2, -0.15) is 5.10 Å². The van der Waals surface area contributed by atoms with E-state index in [4.69, 9.17) is 5.73 Å². The predicted molar refractivity (Wildman–Crippen MR) is 70.0 cm³/mol. The molecule has 7 heteroatoms. The number of anilines is 1. The Balaban J connectivity index is 1.91. The van der Waals surface area contributed by atoms with Gasteiger partial charge < -0.3 is 11.1 Å². The molecule has 0 fully saturated rings. The van der Waals surface area contributed by atoms with E-state index in [-0.39, 0.29) is 18.5 Å². The number of nitrogens with one attached hydrogen (secondary N) is 1. The monoisotopic (exact) mass is 265 g/mol. The van der Waals surface area contributed by atoms with E-state index < -0.39 is 0 Å². The van der Waals surface area contributed by atoms with Gasteiger partial charge in [0, 0.05) is 17.3 Å². The minimum absolute atomic E-state index is 0.0934. The van der Waals surface area contributed by atoms with Crippen LogP contribution in [0.25, 0.3) is 0 Å². The van der Waals surface area contributed by atoms with Crippen LogP contribution < -0.4 is 11.1 Å². The average Bonchev–Trinajstić information content (AvgIpc) is 2.87. The molecule has 0 aliphatic heterocycles. The highest BCUT2D eigenvalue weighted by Gasteiger charge is 2.13. The second kappa shape index (κ2) is 5.18. The molecular formula is C11H15N5OS. The van der Waals surface area contributed by atoms with Crippen molar-refractivity contribution in [3.05, 3.63) is 28.5 Å². The molecule has 0 saturated carbocycles. The predicted octanol–water partition coefficient (Wildman–Crippen LogP) is 1.11. The Labute approximate surface area is 109 Å². The summed E-state index contributed by atoms with van der Waals surface area (Å²) in [7, 11) is 0. The van der Waals surface area contributed by atoms with E-state index in [2.05, 4.69) is 15.4 Å². The van der Waals surface area contributed by atoms with Gasteiger partial charge in [-0.1, -0.05) is 0 Å². The number of nitrogens with zero attached hydrogens (tertiary/aromatic N) is 3. The number of hydrogen-bond donors (Lipinski definition) is 2. The number of aryl methyl sites for hydroxylation is 1. The van der Waals surface area contributed by atoms with Crippen LogP contribution in [0.5, 0.6) is 0 Å². The first kappa shape index (κ1) is 12.6. The number of nitrogens with two attached hydrogens (primary N) is 1. The van der Waals surface area contributed by atoms with E-state index in [1.165, 1.54) is 10.9 Å². The van der Waals surface area contributed by atoms with Crippen LogP contribution in [0, 0.1) is 6.92 Å². The zero-order chi connectivity index (χ0) is 13.1. The van der Waals surface area contributed by atoms with Crippen LogP contribution in [0.3, 0.4) is 0 Å². The summed E-state index contributed by atoms with van der Waals surface area (Å²) in [6.45, 7) is 4.06. The molecule has 2 aromatic heterocycles. The van der Waals surface area contributed by atoms with Crippen molar-refractivity contribution in [2.45, 2.75) is 26.4 Å². The van der Waals surface area contributed by atoms with Gasteiger partial charge in [0.15, 0.2) is 0 Å². The lowest BCUT2D eigenvalue weighted by Gasteiger charge is -2.11. The Bertz CT molecular complexity index is 547. The maximum absolute atomic E-state index is 11.8. The number of amides is 1. The highest BCUT2D eigenvalue weighted by Crippen LogP contribution is 2.18. The highest BCUT2D eigenvalue weighted by atomic mass is 32.1. The Morgan fingerprint density at radius 3 is 2.94 bits per heavy atom. The van der Waals surface area contributed by atoms with Crippen molar-refractivity contribution in [1.82, 2.24) is 20.1 Å². The Hall–Kier alpha value is -1.89. The lowest BCUT2D eigenvalue weighted by Crippen LogP contribution is -2.30. The summed E-state index contributed by atoms with van der Waals surface area (Å²) in [4.78, 5) is 17.1. The quantitative estimate of drug-likeness (QED) is 0.867. The first-order valence-corrected chi connectivity index (χ1v) is 6.36. The number of carbonyl (C=O) groups excluding carboxylic acids is 1. The molecular weight excluding hydrogens is 250 g/mol. The van der Waals surface area contributed by atoms with Crippen molar-refractivity contribution in [1.29, 1.82) is 0 Å².